The second-order valence-corrected chi connectivity index (χ2v) is 8.70. The van der Waals surface area contributed by atoms with Crippen molar-refractivity contribution in [2.75, 3.05) is 19.5 Å². The molecule has 7 heteroatoms. The van der Waals surface area contributed by atoms with Gasteiger partial charge in [-0.1, -0.05) is 27.3 Å². The molecule has 5 nitrogen and oxygen atoms in total. The van der Waals surface area contributed by atoms with E-state index in [1.165, 1.54) is 0 Å². The molecule has 4 aromatic rings. The first kappa shape index (κ1) is 21.2. The topological polar surface area (TPSA) is 63.6 Å². The average Bonchev–Trinajstić information content (AvgIpc) is 3.24. The third kappa shape index (κ3) is 4.84. The van der Waals surface area contributed by atoms with Gasteiger partial charge in [-0.05, 0) is 72.3 Å². The lowest BCUT2D eigenvalue weighted by atomic mass is 10.1. The summed E-state index contributed by atoms with van der Waals surface area (Å²) in [7, 11) is 3.31. The molecular weight excluding hydrogens is 476 g/mol. The number of anilines is 1. The van der Waals surface area contributed by atoms with Crippen LogP contribution in [-0.2, 0) is 6.54 Å². The van der Waals surface area contributed by atoms with Gasteiger partial charge in [0.2, 0.25) is 0 Å². The van der Waals surface area contributed by atoms with Gasteiger partial charge in [0.25, 0.3) is 0 Å². The van der Waals surface area contributed by atoms with Gasteiger partial charge in [-0.25, -0.2) is 4.98 Å². The molecule has 0 unspecified atom stereocenters. The average molecular weight is 497 g/mol. The number of thiazole rings is 1. The molecule has 0 aliphatic heterocycles. The highest BCUT2D eigenvalue weighted by Gasteiger charge is 2.16. The van der Waals surface area contributed by atoms with Crippen LogP contribution >= 0.6 is 27.3 Å². The van der Waals surface area contributed by atoms with E-state index in [9.17, 15) is 5.11 Å². The molecule has 0 aliphatic carbocycles. The van der Waals surface area contributed by atoms with Crippen molar-refractivity contribution in [3.05, 3.63) is 76.8 Å². The lowest BCUT2D eigenvalue weighted by Crippen LogP contribution is -1.99. The van der Waals surface area contributed by atoms with Crippen molar-refractivity contribution >= 4 is 32.4 Å². The highest BCUT2D eigenvalue weighted by molar-refractivity contribution is 9.10. The Labute approximate surface area is 193 Å². The van der Waals surface area contributed by atoms with Gasteiger partial charge in [0.15, 0.2) is 5.13 Å². The Kier molecular flexibility index (Phi) is 6.44. The number of methoxy groups -OCH3 is 2. The van der Waals surface area contributed by atoms with Gasteiger partial charge in [0, 0.05) is 22.1 Å². The maximum Gasteiger partial charge on any atom is 0.184 e. The first-order chi connectivity index (χ1) is 15.1. The van der Waals surface area contributed by atoms with E-state index in [-0.39, 0.29) is 5.75 Å². The number of halogens is 1. The Bertz CT molecular complexity index is 1110. The Hall–Kier alpha value is -3.03. The van der Waals surface area contributed by atoms with Gasteiger partial charge in [0.1, 0.15) is 17.2 Å². The monoisotopic (exact) mass is 496 g/mol. The lowest BCUT2D eigenvalue weighted by molar-refractivity contribution is 0.414. The zero-order valence-electron chi connectivity index (χ0n) is 17.1. The molecule has 3 aromatic carbocycles. The van der Waals surface area contributed by atoms with Gasteiger partial charge in [-0.2, -0.15) is 0 Å². The Morgan fingerprint density at radius 3 is 2.13 bits per heavy atom. The molecule has 1 heterocycles. The number of ether oxygens (including phenoxy) is 2. The van der Waals surface area contributed by atoms with Gasteiger partial charge in [0.05, 0.1) is 24.8 Å². The van der Waals surface area contributed by atoms with Crippen LogP contribution in [0.2, 0.25) is 0 Å². The molecule has 158 valence electrons. The van der Waals surface area contributed by atoms with Gasteiger partial charge in [-0.3, -0.25) is 0 Å². The first-order valence-corrected chi connectivity index (χ1v) is 11.2. The van der Waals surface area contributed by atoms with Crippen molar-refractivity contribution in [2.24, 2.45) is 0 Å². The molecule has 31 heavy (non-hydrogen) atoms. The quantitative estimate of drug-likeness (QED) is 0.302. The summed E-state index contributed by atoms with van der Waals surface area (Å²) < 4.78 is 11.5. The minimum absolute atomic E-state index is 0.248. The summed E-state index contributed by atoms with van der Waals surface area (Å²) in [5.41, 5.74) is 3.74. The van der Waals surface area contributed by atoms with Gasteiger partial charge >= 0.3 is 0 Å². The summed E-state index contributed by atoms with van der Waals surface area (Å²) in [5.74, 6) is 1.86. The Balaban J connectivity index is 1.69. The summed E-state index contributed by atoms with van der Waals surface area (Å²) in [5, 5.41) is 14.3. The SMILES string of the molecule is COc1ccc(-c2nc(NCc3cc(Br)ccc3O)sc2-c2ccc(OC)cc2)cc1. The van der Waals surface area contributed by atoms with Crippen molar-refractivity contribution in [3.63, 3.8) is 0 Å². The summed E-state index contributed by atoms with van der Waals surface area (Å²) in [4.78, 5) is 5.91. The van der Waals surface area contributed by atoms with Crippen LogP contribution < -0.4 is 14.8 Å². The fraction of sp³-hybridized carbons (Fsp3) is 0.125. The summed E-state index contributed by atoms with van der Waals surface area (Å²) in [6.45, 7) is 0.461. The summed E-state index contributed by atoms with van der Waals surface area (Å²) in [6.07, 6.45) is 0. The summed E-state index contributed by atoms with van der Waals surface area (Å²) >= 11 is 5.02. The predicted molar refractivity (Wildman–Crippen MR) is 129 cm³/mol. The zero-order valence-corrected chi connectivity index (χ0v) is 19.5. The van der Waals surface area contributed by atoms with E-state index in [0.717, 1.165) is 48.4 Å². The largest absolute Gasteiger partial charge is 0.508 e. The molecule has 0 fully saturated rings. The van der Waals surface area contributed by atoms with Crippen LogP contribution in [-0.4, -0.2) is 24.3 Å². The number of aromatic hydroxyl groups is 1. The molecule has 0 saturated heterocycles. The van der Waals surface area contributed by atoms with Crippen LogP contribution in [0.4, 0.5) is 5.13 Å². The fourth-order valence-corrected chi connectivity index (χ4v) is 4.54. The van der Waals surface area contributed by atoms with Crippen molar-refractivity contribution < 1.29 is 14.6 Å². The number of phenolic OH excluding ortho intramolecular Hbond substituents is 1. The second kappa shape index (κ2) is 9.41. The molecule has 1 aromatic heterocycles. The number of hydrogen-bond acceptors (Lipinski definition) is 6. The van der Waals surface area contributed by atoms with Crippen LogP contribution in [0.3, 0.4) is 0 Å². The number of nitrogens with zero attached hydrogens (tertiary/aromatic N) is 1. The van der Waals surface area contributed by atoms with Gasteiger partial charge in [-0.15, -0.1) is 0 Å². The molecule has 2 N–H and O–H groups in total. The minimum atomic E-state index is 0.248. The highest BCUT2D eigenvalue weighted by atomic mass is 79.9. The zero-order chi connectivity index (χ0) is 21.8. The maximum atomic E-state index is 10.1. The molecule has 0 atom stereocenters. The van der Waals surface area contributed by atoms with E-state index in [1.807, 2.05) is 60.7 Å². The van der Waals surface area contributed by atoms with E-state index in [1.54, 1.807) is 31.6 Å². The van der Waals surface area contributed by atoms with Crippen molar-refractivity contribution in [1.82, 2.24) is 4.98 Å². The lowest BCUT2D eigenvalue weighted by Gasteiger charge is -2.06. The molecule has 0 bridgehead atoms. The number of benzene rings is 3. The standard InChI is InChI=1S/C24H21BrN2O3S/c1-29-19-8-3-15(4-9-19)22-23(16-5-10-20(30-2)11-6-16)31-24(27-22)26-14-17-13-18(25)7-12-21(17)28/h3-13,28H,14H2,1-2H3,(H,26,27). The molecule has 4 rings (SSSR count). The van der Waals surface area contributed by atoms with Crippen molar-refractivity contribution in [2.45, 2.75) is 6.54 Å². The van der Waals surface area contributed by atoms with Crippen molar-refractivity contribution in [3.8, 4) is 38.9 Å². The number of aromatic nitrogens is 1. The smallest absolute Gasteiger partial charge is 0.184 e. The number of rotatable bonds is 7. The molecule has 0 aliphatic rings. The van der Waals surface area contributed by atoms with E-state index in [2.05, 4.69) is 21.2 Å². The van der Waals surface area contributed by atoms with Crippen molar-refractivity contribution in [1.29, 1.82) is 0 Å². The number of hydrogen-bond donors (Lipinski definition) is 2. The van der Waals surface area contributed by atoms with Crippen LogP contribution in [0, 0.1) is 0 Å². The van der Waals surface area contributed by atoms with E-state index in [4.69, 9.17) is 14.5 Å². The van der Waals surface area contributed by atoms with Crippen LogP contribution in [0.5, 0.6) is 17.2 Å². The van der Waals surface area contributed by atoms with Crippen LogP contribution in [0.1, 0.15) is 5.56 Å². The normalized spacial score (nSPS) is 10.7. The van der Waals surface area contributed by atoms with Gasteiger partial charge < -0.3 is 19.9 Å². The maximum absolute atomic E-state index is 10.1. The first-order valence-electron chi connectivity index (χ1n) is 9.58. The molecular formula is C24H21BrN2O3S. The highest BCUT2D eigenvalue weighted by Crippen LogP contribution is 2.40. The Morgan fingerprint density at radius 2 is 1.52 bits per heavy atom. The van der Waals surface area contributed by atoms with E-state index >= 15 is 0 Å². The fourth-order valence-electron chi connectivity index (χ4n) is 3.14. The summed E-state index contributed by atoms with van der Waals surface area (Å²) in [6, 6.07) is 21.2. The molecule has 0 saturated carbocycles. The molecule has 0 radical (unpaired) electrons. The number of nitrogens with one attached hydrogen (secondary N) is 1. The molecule has 0 spiro atoms. The van der Waals surface area contributed by atoms with Crippen LogP contribution in [0.25, 0.3) is 21.7 Å². The predicted octanol–water partition coefficient (Wildman–Crippen LogP) is 6.57. The third-order valence-electron chi connectivity index (χ3n) is 4.81. The van der Waals surface area contributed by atoms with E-state index < -0.39 is 0 Å². The Morgan fingerprint density at radius 1 is 0.903 bits per heavy atom. The number of phenols is 1. The third-order valence-corrected chi connectivity index (χ3v) is 6.37. The van der Waals surface area contributed by atoms with E-state index in [0.29, 0.717) is 6.54 Å². The minimum Gasteiger partial charge on any atom is -0.508 e. The van der Waals surface area contributed by atoms with Crippen LogP contribution in [0.15, 0.2) is 71.2 Å². The second-order valence-electron chi connectivity index (χ2n) is 6.78. The molecule has 0 amide bonds.